The van der Waals surface area contributed by atoms with Crippen molar-refractivity contribution in [2.75, 3.05) is 13.6 Å². The SMILES string of the molecule is Cc1nc2ccccc2n1CCNC(=O)N(C)Cc1ccccc1Cl. The summed E-state index contributed by atoms with van der Waals surface area (Å²) in [5.41, 5.74) is 2.99. The predicted octanol–water partition coefficient (Wildman–Crippen LogP) is 3.84. The average molecular weight is 357 g/mol. The van der Waals surface area contributed by atoms with Crippen molar-refractivity contribution in [3.63, 3.8) is 0 Å². The zero-order chi connectivity index (χ0) is 17.8. The van der Waals surface area contributed by atoms with Gasteiger partial charge in [0.15, 0.2) is 0 Å². The van der Waals surface area contributed by atoms with E-state index < -0.39 is 0 Å². The van der Waals surface area contributed by atoms with Crippen LogP contribution in [0, 0.1) is 6.92 Å². The highest BCUT2D eigenvalue weighted by atomic mass is 35.5. The molecule has 3 rings (SSSR count). The first-order valence-electron chi connectivity index (χ1n) is 8.20. The van der Waals surface area contributed by atoms with Crippen LogP contribution in [0.4, 0.5) is 4.79 Å². The maximum atomic E-state index is 12.3. The molecule has 0 aliphatic heterocycles. The molecule has 0 fully saturated rings. The molecule has 0 atom stereocenters. The highest BCUT2D eigenvalue weighted by Gasteiger charge is 2.11. The van der Waals surface area contributed by atoms with E-state index in [4.69, 9.17) is 11.6 Å². The van der Waals surface area contributed by atoms with Crippen LogP contribution < -0.4 is 5.32 Å². The summed E-state index contributed by atoms with van der Waals surface area (Å²) in [5, 5.41) is 3.62. The zero-order valence-electron chi connectivity index (χ0n) is 14.4. The van der Waals surface area contributed by atoms with Gasteiger partial charge in [0.25, 0.3) is 0 Å². The number of hydrogen-bond donors (Lipinski definition) is 1. The number of benzene rings is 2. The molecule has 0 radical (unpaired) electrons. The molecule has 1 heterocycles. The van der Waals surface area contributed by atoms with E-state index in [9.17, 15) is 4.79 Å². The molecule has 6 heteroatoms. The molecule has 1 aromatic heterocycles. The number of carbonyl (C=O) groups excluding carboxylic acids is 1. The van der Waals surface area contributed by atoms with E-state index in [2.05, 4.69) is 14.9 Å². The van der Waals surface area contributed by atoms with Crippen molar-refractivity contribution in [1.29, 1.82) is 0 Å². The van der Waals surface area contributed by atoms with E-state index in [1.165, 1.54) is 0 Å². The Balaban J connectivity index is 1.57. The summed E-state index contributed by atoms with van der Waals surface area (Å²) in [6, 6.07) is 15.4. The molecule has 0 aliphatic carbocycles. The molecule has 2 amide bonds. The maximum Gasteiger partial charge on any atom is 0.317 e. The lowest BCUT2D eigenvalue weighted by atomic mass is 10.2. The van der Waals surface area contributed by atoms with Crippen LogP contribution in [-0.2, 0) is 13.1 Å². The summed E-state index contributed by atoms with van der Waals surface area (Å²) >= 11 is 6.15. The lowest BCUT2D eigenvalue weighted by Gasteiger charge is -2.19. The minimum atomic E-state index is -0.123. The van der Waals surface area contributed by atoms with Gasteiger partial charge in [0.1, 0.15) is 5.82 Å². The van der Waals surface area contributed by atoms with Crippen molar-refractivity contribution in [1.82, 2.24) is 19.8 Å². The molecule has 130 valence electrons. The molecule has 3 aromatic rings. The molecule has 1 N–H and O–H groups in total. The van der Waals surface area contributed by atoms with Crippen molar-refractivity contribution in [3.05, 3.63) is 64.9 Å². The fraction of sp³-hybridized carbons (Fsp3) is 0.263. The number of imidazole rings is 1. The van der Waals surface area contributed by atoms with E-state index in [0.717, 1.165) is 22.4 Å². The molecule has 25 heavy (non-hydrogen) atoms. The van der Waals surface area contributed by atoms with E-state index in [-0.39, 0.29) is 6.03 Å². The Hall–Kier alpha value is -2.53. The number of hydrogen-bond acceptors (Lipinski definition) is 2. The van der Waals surface area contributed by atoms with Crippen LogP contribution in [0.3, 0.4) is 0 Å². The van der Waals surface area contributed by atoms with Gasteiger partial charge in [-0.05, 0) is 30.7 Å². The summed E-state index contributed by atoms with van der Waals surface area (Å²) in [7, 11) is 1.76. The van der Waals surface area contributed by atoms with Gasteiger partial charge in [-0.2, -0.15) is 0 Å². The number of nitrogens with zero attached hydrogens (tertiary/aromatic N) is 3. The first-order chi connectivity index (χ1) is 12.1. The second-order valence-corrected chi connectivity index (χ2v) is 6.39. The minimum absolute atomic E-state index is 0.123. The predicted molar refractivity (Wildman–Crippen MR) is 101 cm³/mol. The highest BCUT2D eigenvalue weighted by Crippen LogP contribution is 2.17. The Kier molecular flexibility index (Phi) is 5.24. The van der Waals surface area contributed by atoms with Gasteiger partial charge in [-0.1, -0.05) is 41.9 Å². The summed E-state index contributed by atoms with van der Waals surface area (Å²) in [4.78, 5) is 18.4. The molecule has 5 nitrogen and oxygen atoms in total. The first kappa shape index (κ1) is 17.3. The summed E-state index contributed by atoms with van der Waals surface area (Å²) in [5.74, 6) is 0.944. The van der Waals surface area contributed by atoms with Gasteiger partial charge in [0.2, 0.25) is 0 Å². The number of fused-ring (bicyclic) bond motifs is 1. The minimum Gasteiger partial charge on any atom is -0.336 e. The Morgan fingerprint density at radius 3 is 2.72 bits per heavy atom. The molecule has 0 unspecified atom stereocenters. The van der Waals surface area contributed by atoms with Crippen LogP contribution in [0.1, 0.15) is 11.4 Å². The smallest absolute Gasteiger partial charge is 0.317 e. The van der Waals surface area contributed by atoms with Crippen LogP contribution in [0.2, 0.25) is 5.02 Å². The zero-order valence-corrected chi connectivity index (χ0v) is 15.1. The second kappa shape index (κ2) is 7.57. The molecule has 0 aliphatic rings. The number of urea groups is 1. The number of carbonyl (C=O) groups is 1. The molecule has 2 aromatic carbocycles. The van der Waals surface area contributed by atoms with Crippen LogP contribution in [-0.4, -0.2) is 34.1 Å². The van der Waals surface area contributed by atoms with Crippen molar-refractivity contribution in [2.24, 2.45) is 0 Å². The maximum absolute atomic E-state index is 12.3. The normalized spacial score (nSPS) is 10.8. The Labute approximate surface area is 152 Å². The average Bonchev–Trinajstić information content (AvgIpc) is 2.92. The van der Waals surface area contributed by atoms with Crippen molar-refractivity contribution < 1.29 is 4.79 Å². The van der Waals surface area contributed by atoms with Gasteiger partial charge in [-0.3, -0.25) is 0 Å². The van der Waals surface area contributed by atoms with Crippen LogP contribution in [0.25, 0.3) is 11.0 Å². The first-order valence-corrected chi connectivity index (χ1v) is 8.58. The molecule has 0 bridgehead atoms. The van der Waals surface area contributed by atoms with Gasteiger partial charge in [0, 0.05) is 31.7 Å². The van der Waals surface area contributed by atoms with Gasteiger partial charge in [-0.25, -0.2) is 9.78 Å². The largest absolute Gasteiger partial charge is 0.336 e. The van der Waals surface area contributed by atoms with E-state index in [1.807, 2.05) is 55.5 Å². The number of aryl methyl sites for hydroxylation is 1. The summed E-state index contributed by atoms with van der Waals surface area (Å²) in [6.07, 6.45) is 0. The van der Waals surface area contributed by atoms with Crippen LogP contribution >= 0.6 is 11.6 Å². The quantitative estimate of drug-likeness (QED) is 0.755. The van der Waals surface area contributed by atoms with E-state index in [1.54, 1.807) is 11.9 Å². The number of amides is 2. The Morgan fingerprint density at radius 2 is 1.92 bits per heavy atom. The monoisotopic (exact) mass is 356 g/mol. The summed E-state index contributed by atoms with van der Waals surface area (Å²) in [6.45, 7) is 3.66. The van der Waals surface area contributed by atoms with Crippen molar-refractivity contribution in [2.45, 2.75) is 20.0 Å². The number of nitrogens with one attached hydrogen (secondary N) is 1. The van der Waals surface area contributed by atoms with Crippen molar-refractivity contribution in [3.8, 4) is 0 Å². The third-order valence-electron chi connectivity index (χ3n) is 4.17. The number of para-hydroxylation sites is 2. The fourth-order valence-electron chi connectivity index (χ4n) is 2.84. The van der Waals surface area contributed by atoms with Gasteiger partial charge >= 0.3 is 6.03 Å². The second-order valence-electron chi connectivity index (χ2n) is 5.98. The topological polar surface area (TPSA) is 50.2 Å². The number of aromatic nitrogens is 2. The van der Waals surface area contributed by atoms with Crippen molar-refractivity contribution >= 4 is 28.7 Å². The van der Waals surface area contributed by atoms with Gasteiger partial charge < -0.3 is 14.8 Å². The lowest BCUT2D eigenvalue weighted by molar-refractivity contribution is 0.206. The molecule has 0 spiro atoms. The molecule has 0 saturated heterocycles. The van der Waals surface area contributed by atoms with Gasteiger partial charge in [0.05, 0.1) is 11.0 Å². The third-order valence-corrected chi connectivity index (χ3v) is 4.54. The fourth-order valence-corrected chi connectivity index (χ4v) is 3.04. The summed E-state index contributed by atoms with van der Waals surface area (Å²) < 4.78 is 2.11. The highest BCUT2D eigenvalue weighted by molar-refractivity contribution is 6.31. The Bertz CT molecular complexity index is 890. The Morgan fingerprint density at radius 1 is 1.20 bits per heavy atom. The van der Waals surface area contributed by atoms with E-state index in [0.29, 0.717) is 24.7 Å². The molecular weight excluding hydrogens is 336 g/mol. The van der Waals surface area contributed by atoms with E-state index >= 15 is 0 Å². The van der Waals surface area contributed by atoms with Crippen LogP contribution in [0.5, 0.6) is 0 Å². The molecule has 0 saturated carbocycles. The lowest BCUT2D eigenvalue weighted by Crippen LogP contribution is -2.38. The standard InChI is InChI=1S/C19H21ClN4O/c1-14-22-17-9-5-6-10-18(17)24(14)12-11-21-19(25)23(2)13-15-7-3-4-8-16(15)20/h3-10H,11-13H2,1-2H3,(H,21,25). The number of rotatable bonds is 5. The molecular formula is C19H21ClN4O. The third kappa shape index (κ3) is 3.94. The van der Waals surface area contributed by atoms with Gasteiger partial charge in [-0.15, -0.1) is 0 Å². The number of halogens is 1. The van der Waals surface area contributed by atoms with Crippen LogP contribution in [0.15, 0.2) is 48.5 Å².